The van der Waals surface area contributed by atoms with Gasteiger partial charge in [-0.1, -0.05) is 11.8 Å². The third-order valence-corrected chi connectivity index (χ3v) is 2.26. The van der Waals surface area contributed by atoms with Crippen molar-refractivity contribution in [3.63, 3.8) is 0 Å². The van der Waals surface area contributed by atoms with Crippen molar-refractivity contribution in [2.75, 3.05) is 6.26 Å². The summed E-state index contributed by atoms with van der Waals surface area (Å²) in [6.45, 7) is 0. The number of nitrogens with one attached hydrogen (secondary N) is 1. The van der Waals surface area contributed by atoms with Crippen LogP contribution in [-0.4, -0.2) is 21.5 Å². The van der Waals surface area contributed by atoms with Crippen molar-refractivity contribution in [1.29, 1.82) is 5.26 Å². The minimum Gasteiger partial charge on any atom is -0.508 e. The first-order valence-corrected chi connectivity index (χ1v) is 5.55. The molecule has 0 aliphatic heterocycles. The molecule has 88 valence electrons. The first kappa shape index (κ1) is 12.8. The van der Waals surface area contributed by atoms with Gasteiger partial charge < -0.3 is 5.11 Å². The number of amidine groups is 1. The molecule has 1 aromatic carbocycles. The summed E-state index contributed by atoms with van der Waals surface area (Å²) in [5.41, 5.74) is -0.0649. The molecule has 0 amide bonds. The minimum absolute atomic E-state index is 0.198. The summed E-state index contributed by atoms with van der Waals surface area (Å²) in [6, 6.07) is 3.49. The van der Waals surface area contributed by atoms with Gasteiger partial charge in [-0.3, -0.25) is 15.4 Å². The molecule has 0 aliphatic rings. The van der Waals surface area contributed by atoms with Gasteiger partial charge in [0.2, 0.25) is 0 Å². The smallest absolute Gasteiger partial charge is 0.275 e. The molecule has 17 heavy (non-hydrogen) atoms. The first-order valence-electron chi connectivity index (χ1n) is 4.33. The highest BCUT2D eigenvalue weighted by Gasteiger charge is 2.09. The van der Waals surface area contributed by atoms with Gasteiger partial charge in [0.1, 0.15) is 5.75 Å². The molecule has 0 fully saturated rings. The van der Waals surface area contributed by atoms with Crippen LogP contribution in [0.4, 0.5) is 11.4 Å². The molecule has 0 heterocycles. The van der Waals surface area contributed by atoms with E-state index in [0.29, 0.717) is 0 Å². The fourth-order valence-electron chi connectivity index (χ4n) is 1.04. The molecule has 0 saturated carbocycles. The number of aromatic hydroxyl groups is 1. The molecule has 2 N–H and O–H groups in total. The lowest BCUT2D eigenvalue weighted by molar-refractivity contribution is -0.384. The highest BCUT2D eigenvalue weighted by molar-refractivity contribution is 8.13. The lowest BCUT2D eigenvalue weighted by atomic mass is 10.2. The van der Waals surface area contributed by atoms with Crippen LogP contribution >= 0.6 is 11.8 Å². The maximum atomic E-state index is 10.6. The van der Waals surface area contributed by atoms with Gasteiger partial charge in [0.25, 0.3) is 5.69 Å². The fourth-order valence-corrected chi connectivity index (χ4v) is 1.38. The highest BCUT2D eigenvalue weighted by Crippen LogP contribution is 2.27. The van der Waals surface area contributed by atoms with Gasteiger partial charge in [0.05, 0.1) is 16.7 Å². The zero-order chi connectivity index (χ0) is 12.8. The topological polar surface area (TPSA) is 112 Å². The molecule has 0 aliphatic carbocycles. The number of benzene rings is 1. The van der Waals surface area contributed by atoms with Crippen molar-refractivity contribution in [1.82, 2.24) is 5.32 Å². The summed E-state index contributed by atoms with van der Waals surface area (Å²) in [5.74, 6) is -0.254. The van der Waals surface area contributed by atoms with E-state index in [2.05, 4.69) is 10.3 Å². The normalized spacial score (nSPS) is 10.7. The number of nitro benzene ring substituents is 1. The number of phenols is 1. The second kappa shape index (κ2) is 5.72. The van der Waals surface area contributed by atoms with E-state index in [1.54, 1.807) is 12.4 Å². The zero-order valence-electron chi connectivity index (χ0n) is 8.75. The van der Waals surface area contributed by atoms with E-state index in [-0.39, 0.29) is 22.3 Å². The van der Waals surface area contributed by atoms with E-state index in [0.717, 1.165) is 6.07 Å². The highest BCUT2D eigenvalue weighted by atomic mass is 32.2. The van der Waals surface area contributed by atoms with E-state index in [4.69, 9.17) is 5.26 Å². The Bertz CT molecular complexity index is 509. The van der Waals surface area contributed by atoms with Crippen LogP contribution in [0.15, 0.2) is 23.2 Å². The predicted molar refractivity (Wildman–Crippen MR) is 64.1 cm³/mol. The maximum Gasteiger partial charge on any atom is 0.275 e. The van der Waals surface area contributed by atoms with Crippen LogP contribution in [0, 0.1) is 21.6 Å². The fraction of sp³-hybridized carbons (Fsp3) is 0.111. The Hall–Kier alpha value is -2.27. The largest absolute Gasteiger partial charge is 0.508 e. The van der Waals surface area contributed by atoms with Crippen molar-refractivity contribution >= 4 is 28.3 Å². The molecule has 0 bridgehead atoms. The van der Waals surface area contributed by atoms with Crippen molar-refractivity contribution in [3.8, 4) is 11.9 Å². The van der Waals surface area contributed by atoms with Crippen molar-refractivity contribution in [2.24, 2.45) is 4.99 Å². The quantitative estimate of drug-likeness (QED) is 0.207. The van der Waals surface area contributed by atoms with Crippen LogP contribution in [-0.2, 0) is 0 Å². The van der Waals surface area contributed by atoms with Gasteiger partial charge in [-0.25, -0.2) is 4.99 Å². The number of nitrogens with zero attached hydrogens (tertiary/aromatic N) is 3. The Balaban J connectivity index is 3.14. The van der Waals surface area contributed by atoms with Gasteiger partial charge in [-0.15, -0.1) is 0 Å². The van der Waals surface area contributed by atoms with Crippen LogP contribution in [0.25, 0.3) is 0 Å². The Kier molecular flexibility index (Phi) is 4.30. The maximum absolute atomic E-state index is 10.6. The number of non-ortho nitro benzene ring substituents is 1. The average molecular weight is 252 g/mol. The molecule has 1 rings (SSSR count). The molecule has 0 atom stereocenters. The SMILES string of the molecule is CSC(=Nc1cc(O)cc([N+](=O)[O-])c1)NC#N. The number of hydrogen-bond donors (Lipinski definition) is 2. The molecular formula is C9H8N4O3S. The summed E-state index contributed by atoms with van der Waals surface area (Å²) in [4.78, 5) is 13.9. The lowest BCUT2D eigenvalue weighted by Gasteiger charge is -2.00. The molecular weight excluding hydrogens is 244 g/mol. The number of hydrogen-bond acceptors (Lipinski definition) is 6. The number of thioether (sulfide) groups is 1. The third-order valence-electron chi connectivity index (χ3n) is 1.68. The predicted octanol–water partition coefficient (Wildman–Crippen LogP) is 1.72. The minimum atomic E-state index is -0.630. The number of phenolic OH excluding ortho intramolecular Hbond substituents is 1. The van der Waals surface area contributed by atoms with Crippen LogP contribution in [0.5, 0.6) is 5.75 Å². The zero-order valence-corrected chi connectivity index (χ0v) is 9.56. The number of aliphatic imine (C=N–C) groups is 1. The third kappa shape index (κ3) is 3.66. The van der Waals surface area contributed by atoms with Crippen molar-refractivity contribution in [2.45, 2.75) is 0 Å². The summed E-state index contributed by atoms with van der Waals surface area (Å²) in [6.07, 6.45) is 3.39. The Morgan fingerprint density at radius 3 is 2.88 bits per heavy atom. The molecule has 0 radical (unpaired) electrons. The molecule has 7 nitrogen and oxygen atoms in total. The van der Waals surface area contributed by atoms with Crippen LogP contribution in [0.2, 0.25) is 0 Å². The van der Waals surface area contributed by atoms with E-state index >= 15 is 0 Å². The number of nitro groups is 1. The molecule has 8 heteroatoms. The van der Waals surface area contributed by atoms with Gasteiger partial charge in [0.15, 0.2) is 11.4 Å². The lowest BCUT2D eigenvalue weighted by Crippen LogP contribution is -2.12. The van der Waals surface area contributed by atoms with E-state index in [1.165, 1.54) is 23.9 Å². The van der Waals surface area contributed by atoms with E-state index in [1.807, 2.05) is 0 Å². The summed E-state index contributed by atoms with van der Waals surface area (Å²) in [5, 5.41) is 30.9. The summed E-state index contributed by atoms with van der Waals surface area (Å²) in [7, 11) is 0. The Morgan fingerprint density at radius 1 is 1.65 bits per heavy atom. The molecule has 0 unspecified atom stereocenters. The second-order valence-electron chi connectivity index (χ2n) is 2.82. The Morgan fingerprint density at radius 2 is 2.35 bits per heavy atom. The average Bonchev–Trinajstić information content (AvgIpc) is 2.27. The van der Waals surface area contributed by atoms with Gasteiger partial charge in [-0.05, 0) is 6.26 Å². The molecule has 0 aromatic heterocycles. The monoisotopic (exact) mass is 252 g/mol. The number of rotatable bonds is 2. The van der Waals surface area contributed by atoms with E-state index < -0.39 is 4.92 Å². The second-order valence-corrected chi connectivity index (χ2v) is 3.62. The molecule has 0 saturated heterocycles. The first-order chi connectivity index (χ1) is 8.06. The molecule has 0 spiro atoms. The summed E-state index contributed by atoms with van der Waals surface area (Å²) < 4.78 is 0. The van der Waals surface area contributed by atoms with Crippen molar-refractivity contribution in [3.05, 3.63) is 28.3 Å². The molecule has 1 aromatic rings. The van der Waals surface area contributed by atoms with Gasteiger partial charge in [0, 0.05) is 12.1 Å². The number of nitriles is 1. The van der Waals surface area contributed by atoms with Gasteiger partial charge >= 0.3 is 0 Å². The standard InChI is InChI=1S/C9H8N4O3S/c1-17-9(11-5-10)12-6-2-7(13(15)16)4-8(14)3-6/h2-4,14H,1H3,(H,11,12). The van der Waals surface area contributed by atoms with Crippen LogP contribution < -0.4 is 5.32 Å². The van der Waals surface area contributed by atoms with E-state index in [9.17, 15) is 15.2 Å². The van der Waals surface area contributed by atoms with Crippen LogP contribution in [0.1, 0.15) is 0 Å². The Labute approximate surface area is 101 Å². The summed E-state index contributed by atoms with van der Waals surface area (Å²) >= 11 is 1.17. The van der Waals surface area contributed by atoms with Gasteiger partial charge in [-0.2, -0.15) is 5.26 Å². The van der Waals surface area contributed by atoms with Crippen LogP contribution in [0.3, 0.4) is 0 Å². The van der Waals surface area contributed by atoms with Crippen molar-refractivity contribution < 1.29 is 10.0 Å².